The molecule has 5 nitrogen and oxygen atoms in total. The Balaban J connectivity index is 1.52. The molecule has 0 bridgehead atoms. The number of aliphatic hydroxyl groups excluding tert-OH is 1. The number of alkyl halides is 2. The zero-order valence-corrected chi connectivity index (χ0v) is 21.5. The van der Waals surface area contributed by atoms with Gasteiger partial charge in [0.25, 0.3) is 0 Å². The number of fused-ring (bicyclic) bond motifs is 3. The van der Waals surface area contributed by atoms with Crippen LogP contribution in [0.1, 0.15) is 43.1 Å². The quantitative estimate of drug-likeness (QED) is 0.333. The number of nitrogens with zero attached hydrogens (tertiary/aromatic N) is 2. The molecule has 206 valence electrons. The maximum absolute atomic E-state index is 15.8. The minimum absolute atomic E-state index is 0.00234. The Labute approximate surface area is 218 Å². The molecular formula is C28H33F5N4O. The summed E-state index contributed by atoms with van der Waals surface area (Å²) in [6.45, 7) is 3.66. The summed E-state index contributed by atoms with van der Waals surface area (Å²) in [5.41, 5.74) is -0.0993. The van der Waals surface area contributed by atoms with Crippen molar-refractivity contribution >= 4 is 16.6 Å². The molecule has 5 rings (SSSR count). The summed E-state index contributed by atoms with van der Waals surface area (Å²) in [5.74, 6) is -1.99. The molecule has 3 atom stereocenters. The van der Waals surface area contributed by atoms with E-state index in [1.165, 1.54) is 31.2 Å². The fourth-order valence-electron chi connectivity index (χ4n) is 5.81. The van der Waals surface area contributed by atoms with Crippen molar-refractivity contribution in [2.45, 2.75) is 50.5 Å². The second-order valence-corrected chi connectivity index (χ2v) is 10.9. The van der Waals surface area contributed by atoms with E-state index in [1.54, 1.807) is 11.0 Å². The molecule has 2 unspecified atom stereocenters. The van der Waals surface area contributed by atoms with Crippen LogP contribution >= 0.6 is 0 Å². The van der Waals surface area contributed by atoms with Crippen LogP contribution in [-0.4, -0.2) is 77.1 Å². The number of likely N-dealkylation sites (tertiary alicyclic amines) is 1. The van der Waals surface area contributed by atoms with E-state index in [0.717, 1.165) is 5.56 Å². The van der Waals surface area contributed by atoms with Crippen molar-refractivity contribution < 1.29 is 27.1 Å². The highest BCUT2D eigenvalue weighted by Crippen LogP contribution is 2.43. The van der Waals surface area contributed by atoms with Crippen LogP contribution in [0.2, 0.25) is 0 Å². The maximum Gasteiger partial charge on any atom is 0.143 e. The summed E-state index contributed by atoms with van der Waals surface area (Å²) in [7, 11) is 0. The number of benzene rings is 2. The zero-order valence-electron chi connectivity index (χ0n) is 21.5. The summed E-state index contributed by atoms with van der Waals surface area (Å²) in [6.07, 6.45) is 0.873. The van der Waals surface area contributed by atoms with Gasteiger partial charge in [-0.25, -0.2) is 17.6 Å². The lowest BCUT2D eigenvalue weighted by Crippen LogP contribution is -2.54. The molecular weight excluding hydrogens is 503 g/mol. The molecule has 3 N–H and O–H groups in total. The standard InChI is InChI=1S/C28H33F5N4O/c1-16-8-21-20-9-17(30)4-5-24(20)35-26(21)27(37(16)14-28(2,33)15-38)25-22(31)10-18(11-23(25)32)34-19-12-36(13-19)7-3-6-29/h4-5,9-11,16,19,27,34-35,38H,3,6-8,12-15H2,1-2H3/t16-,27?,28?/m0/s1. The Hall–Kier alpha value is -2.69. The molecule has 3 aromatic rings. The van der Waals surface area contributed by atoms with Crippen LogP contribution in [0.5, 0.6) is 0 Å². The molecule has 10 heteroatoms. The third-order valence-electron chi connectivity index (χ3n) is 7.70. The first-order valence-electron chi connectivity index (χ1n) is 13.0. The number of rotatable bonds is 9. The minimum atomic E-state index is -2.01. The van der Waals surface area contributed by atoms with Crippen molar-refractivity contribution in [3.05, 3.63) is 64.6 Å². The molecule has 0 amide bonds. The van der Waals surface area contributed by atoms with Crippen LogP contribution in [0.25, 0.3) is 10.9 Å². The number of hydrogen-bond acceptors (Lipinski definition) is 4. The molecule has 0 radical (unpaired) electrons. The SMILES string of the molecule is C[C@H]1Cc2c([nH]c3ccc(F)cc23)C(c2c(F)cc(NC3CN(CCCF)C3)cc2F)N1CC(C)(F)CO. The molecule has 38 heavy (non-hydrogen) atoms. The summed E-state index contributed by atoms with van der Waals surface area (Å²) in [6, 6.07) is 5.40. The smallest absolute Gasteiger partial charge is 0.143 e. The van der Waals surface area contributed by atoms with Crippen LogP contribution in [0, 0.1) is 17.5 Å². The summed E-state index contributed by atoms with van der Waals surface area (Å²) in [5, 5.41) is 13.4. The summed E-state index contributed by atoms with van der Waals surface area (Å²) < 4.78 is 73.1. The highest BCUT2D eigenvalue weighted by Gasteiger charge is 2.42. The van der Waals surface area contributed by atoms with Crippen molar-refractivity contribution in [3.63, 3.8) is 0 Å². The predicted octanol–water partition coefficient (Wildman–Crippen LogP) is 5.10. The van der Waals surface area contributed by atoms with Crippen molar-refractivity contribution in [2.24, 2.45) is 0 Å². The Kier molecular flexibility index (Phi) is 7.41. The molecule has 1 fully saturated rings. The third kappa shape index (κ3) is 5.13. The molecule has 3 heterocycles. The Morgan fingerprint density at radius 2 is 1.84 bits per heavy atom. The van der Waals surface area contributed by atoms with Gasteiger partial charge in [-0.15, -0.1) is 0 Å². The summed E-state index contributed by atoms with van der Waals surface area (Å²) in [4.78, 5) is 6.94. The van der Waals surface area contributed by atoms with Gasteiger partial charge in [-0.2, -0.15) is 0 Å². The van der Waals surface area contributed by atoms with Crippen LogP contribution in [0.3, 0.4) is 0 Å². The van der Waals surface area contributed by atoms with E-state index in [4.69, 9.17) is 0 Å². The summed E-state index contributed by atoms with van der Waals surface area (Å²) >= 11 is 0. The number of hydrogen-bond donors (Lipinski definition) is 3. The molecule has 2 aromatic carbocycles. The van der Waals surface area contributed by atoms with Gasteiger partial charge in [0.15, 0.2) is 0 Å². The number of halogens is 5. The van der Waals surface area contributed by atoms with Gasteiger partial charge in [-0.05, 0) is 62.6 Å². The monoisotopic (exact) mass is 536 g/mol. The van der Waals surface area contributed by atoms with Crippen molar-refractivity contribution in [1.82, 2.24) is 14.8 Å². The predicted molar refractivity (Wildman–Crippen MR) is 137 cm³/mol. The van der Waals surface area contributed by atoms with Gasteiger partial charge in [0.05, 0.1) is 25.4 Å². The van der Waals surface area contributed by atoms with Gasteiger partial charge in [0, 0.05) is 60.1 Å². The fraction of sp³-hybridized carbons (Fsp3) is 0.500. The number of aromatic amines is 1. The van der Waals surface area contributed by atoms with E-state index in [9.17, 15) is 13.9 Å². The van der Waals surface area contributed by atoms with Crippen LogP contribution in [0.15, 0.2) is 30.3 Å². The highest BCUT2D eigenvalue weighted by atomic mass is 19.2. The number of aliphatic hydroxyl groups is 1. The Morgan fingerprint density at radius 3 is 2.50 bits per heavy atom. The number of nitrogens with one attached hydrogen (secondary N) is 2. The van der Waals surface area contributed by atoms with Gasteiger partial charge < -0.3 is 15.4 Å². The molecule has 1 aromatic heterocycles. The molecule has 2 aliphatic rings. The van der Waals surface area contributed by atoms with Gasteiger partial charge in [-0.1, -0.05) is 0 Å². The second-order valence-electron chi connectivity index (χ2n) is 10.9. The van der Waals surface area contributed by atoms with Gasteiger partial charge in [0.2, 0.25) is 0 Å². The van der Waals surface area contributed by atoms with Crippen LogP contribution in [-0.2, 0) is 6.42 Å². The molecule has 0 aliphatic carbocycles. The van der Waals surface area contributed by atoms with E-state index in [0.29, 0.717) is 54.8 Å². The minimum Gasteiger partial charge on any atom is -0.393 e. The lowest BCUT2D eigenvalue weighted by Gasteiger charge is -2.43. The van der Waals surface area contributed by atoms with Gasteiger partial charge in [0.1, 0.15) is 23.1 Å². The lowest BCUT2D eigenvalue weighted by molar-refractivity contribution is 0.0162. The van der Waals surface area contributed by atoms with Gasteiger partial charge in [-0.3, -0.25) is 14.2 Å². The van der Waals surface area contributed by atoms with E-state index >= 15 is 13.2 Å². The Bertz CT molecular complexity index is 1280. The average Bonchev–Trinajstić information content (AvgIpc) is 3.18. The fourth-order valence-corrected chi connectivity index (χ4v) is 5.81. The topological polar surface area (TPSA) is 54.5 Å². The Morgan fingerprint density at radius 1 is 1.13 bits per heavy atom. The number of aromatic nitrogens is 1. The van der Waals surface area contributed by atoms with E-state index in [1.807, 2.05) is 6.92 Å². The van der Waals surface area contributed by atoms with E-state index < -0.39 is 35.8 Å². The lowest BCUT2D eigenvalue weighted by atomic mass is 9.87. The van der Waals surface area contributed by atoms with Crippen molar-refractivity contribution in [1.29, 1.82) is 0 Å². The van der Waals surface area contributed by atoms with Crippen LogP contribution in [0.4, 0.5) is 27.6 Å². The molecule has 0 spiro atoms. The first-order chi connectivity index (χ1) is 18.1. The average molecular weight is 537 g/mol. The second kappa shape index (κ2) is 10.5. The van der Waals surface area contributed by atoms with Crippen LogP contribution < -0.4 is 5.32 Å². The highest BCUT2D eigenvalue weighted by molar-refractivity contribution is 5.85. The van der Waals surface area contributed by atoms with Crippen molar-refractivity contribution in [2.75, 3.05) is 44.8 Å². The molecule has 1 saturated heterocycles. The molecule has 2 aliphatic heterocycles. The van der Waals surface area contributed by atoms with E-state index in [-0.39, 0.29) is 30.9 Å². The normalized spacial score (nSPS) is 22.3. The van der Waals surface area contributed by atoms with Gasteiger partial charge >= 0.3 is 0 Å². The van der Waals surface area contributed by atoms with E-state index in [2.05, 4.69) is 15.2 Å². The molecule has 0 saturated carbocycles. The third-order valence-corrected chi connectivity index (χ3v) is 7.70. The first kappa shape index (κ1) is 26.9. The largest absolute Gasteiger partial charge is 0.393 e. The number of anilines is 1. The maximum atomic E-state index is 15.8. The first-order valence-corrected chi connectivity index (χ1v) is 13.0. The number of H-pyrrole nitrogens is 1. The van der Waals surface area contributed by atoms with Crippen molar-refractivity contribution in [3.8, 4) is 0 Å². The zero-order chi connectivity index (χ0) is 27.2.